The number of hydrogen-bond acceptors (Lipinski definition) is 9. The molecule has 2 aliphatic heterocycles. The van der Waals surface area contributed by atoms with Crippen molar-refractivity contribution in [3.05, 3.63) is 35.0 Å². The van der Waals surface area contributed by atoms with E-state index in [0.29, 0.717) is 30.3 Å². The summed E-state index contributed by atoms with van der Waals surface area (Å²) in [5.74, 6) is -2.58. The largest absolute Gasteiger partial charge is 0.483 e. The predicted molar refractivity (Wildman–Crippen MR) is 176 cm³/mol. The highest BCUT2D eigenvalue weighted by molar-refractivity contribution is 6.00. The molecular weight excluding hydrogens is 636 g/mol. The maximum absolute atomic E-state index is 13.7. The number of ether oxygens (including phenoxy) is 2. The fourth-order valence-corrected chi connectivity index (χ4v) is 6.33. The minimum Gasteiger partial charge on any atom is -0.483 e. The van der Waals surface area contributed by atoms with E-state index in [1.54, 1.807) is 13.0 Å². The van der Waals surface area contributed by atoms with Gasteiger partial charge < -0.3 is 39.9 Å². The minimum atomic E-state index is -1.17. The standard InChI is InChI=1S/C34H44N6O9/c1-4-48-34(47)39-14-12-38(13-15-39)33(46)23(9-10-29(42)43)37-31(44)25-18-27(30-21(3)16-20(2)17-24(30)36-25)49-19-28(41)40-11-5-6-26(40)32(45)35-22-7-8-22/h16-18,22-23,26H,4-15,19H2,1-3H3,(H,35,45)(H,37,44)(H,42,43)/t23-,26-/m0/s1. The summed E-state index contributed by atoms with van der Waals surface area (Å²) in [4.78, 5) is 85.9. The first kappa shape index (κ1) is 35.4. The SMILES string of the molecule is CCOC(=O)N1CCN(C(=O)[C@H](CCC(=O)O)NC(=O)c2cc(OCC(=O)N3CCC[C@H]3C(=O)NC3CC3)c3c(C)cc(C)cc3n2)CC1. The van der Waals surface area contributed by atoms with Crippen molar-refractivity contribution in [1.29, 1.82) is 0 Å². The molecule has 15 nitrogen and oxygen atoms in total. The van der Waals surface area contributed by atoms with Crippen molar-refractivity contribution in [3.8, 4) is 5.75 Å². The maximum Gasteiger partial charge on any atom is 0.409 e. The molecule has 1 aromatic heterocycles. The summed E-state index contributed by atoms with van der Waals surface area (Å²) >= 11 is 0. The Balaban J connectivity index is 1.33. The molecule has 2 aromatic rings. The Morgan fingerprint density at radius 3 is 2.37 bits per heavy atom. The number of benzene rings is 1. The highest BCUT2D eigenvalue weighted by Crippen LogP contribution is 2.31. The molecule has 3 aliphatic rings. The molecule has 0 bridgehead atoms. The zero-order valence-electron chi connectivity index (χ0n) is 28.2. The number of likely N-dealkylation sites (tertiary alicyclic amines) is 1. The third kappa shape index (κ3) is 8.75. The Kier molecular flexibility index (Phi) is 11.2. The number of hydrogen-bond donors (Lipinski definition) is 3. The summed E-state index contributed by atoms with van der Waals surface area (Å²) in [5.41, 5.74) is 2.06. The Morgan fingerprint density at radius 1 is 0.980 bits per heavy atom. The van der Waals surface area contributed by atoms with E-state index >= 15 is 0 Å². The first-order valence-electron chi connectivity index (χ1n) is 16.8. The Labute approximate surface area is 284 Å². The summed E-state index contributed by atoms with van der Waals surface area (Å²) in [7, 11) is 0. The molecule has 0 radical (unpaired) electrons. The van der Waals surface area contributed by atoms with Crippen molar-refractivity contribution in [2.24, 2.45) is 0 Å². The number of pyridine rings is 1. The van der Waals surface area contributed by atoms with Crippen molar-refractivity contribution in [2.45, 2.75) is 77.4 Å². The van der Waals surface area contributed by atoms with Crippen molar-refractivity contribution in [2.75, 3.05) is 45.9 Å². The summed E-state index contributed by atoms with van der Waals surface area (Å²) in [6.45, 7) is 6.61. The van der Waals surface area contributed by atoms with Gasteiger partial charge >= 0.3 is 12.1 Å². The van der Waals surface area contributed by atoms with Gasteiger partial charge in [0.05, 0.1) is 12.1 Å². The zero-order chi connectivity index (χ0) is 35.2. The van der Waals surface area contributed by atoms with Crippen LogP contribution in [0, 0.1) is 13.8 Å². The number of carbonyl (C=O) groups is 6. The first-order valence-corrected chi connectivity index (χ1v) is 16.8. The average molecular weight is 681 g/mol. The molecule has 15 heteroatoms. The van der Waals surface area contributed by atoms with Gasteiger partial charge in [0.1, 0.15) is 23.5 Å². The molecular formula is C34H44N6O9. The lowest BCUT2D eigenvalue weighted by Gasteiger charge is -2.35. The number of aromatic nitrogens is 1. The number of carboxylic acids is 1. The number of amides is 5. The lowest BCUT2D eigenvalue weighted by molar-refractivity contribution is -0.140. The summed E-state index contributed by atoms with van der Waals surface area (Å²) in [6.07, 6.45) is 2.18. The monoisotopic (exact) mass is 680 g/mol. The normalized spacial score (nSPS) is 18.2. The molecule has 264 valence electrons. The van der Waals surface area contributed by atoms with Crippen molar-refractivity contribution < 1.29 is 43.3 Å². The van der Waals surface area contributed by atoms with E-state index in [0.717, 1.165) is 24.0 Å². The molecule has 5 amide bonds. The molecule has 0 unspecified atom stereocenters. The van der Waals surface area contributed by atoms with Crippen LogP contribution in [-0.4, -0.2) is 125 Å². The van der Waals surface area contributed by atoms with Crippen LogP contribution in [0.1, 0.15) is 67.1 Å². The quantitative estimate of drug-likeness (QED) is 0.298. The summed E-state index contributed by atoms with van der Waals surface area (Å²) in [6, 6.07) is 3.58. The lowest BCUT2D eigenvalue weighted by atomic mass is 10.0. The minimum absolute atomic E-state index is 0.0805. The predicted octanol–water partition coefficient (Wildman–Crippen LogP) is 1.76. The molecule has 3 fully saturated rings. The van der Waals surface area contributed by atoms with Gasteiger partial charge in [-0.15, -0.1) is 0 Å². The van der Waals surface area contributed by atoms with Crippen molar-refractivity contribution in [3.63, 3.8) is 0 Å². The number of aryl methyl sites for hydroxylation is 2. The molecule has 2 atom stereocenters. The van der Waals surface area contributed by atoms with Gasteiger partial charge in [-0.05, 0) is 70.1 Å². The molecule has 1 aliphatic carbocycles. The molecule has 1 aromatic carbocycles. The van der Waals surface area contributed by atoms with Gasteiger partial charge in [-0.25, -0.2) is 9.78 Å². The van der Waals surface area contributed by atoms with Crippen LogP contribution in [0.4, 0.5) is 4.79 Å². The lowest BCUT2D eigenvalue weighted by Crippen LogP contribution is -2.56. The molecule has 3 N–H and O–H groups in total. The van der Waals surface area contributed by atoms with E-state index in [1.165, 1.54) is 20.8 Å². The van der Waals surface area contributed by atoms with E-state index in [9.17, 15) is 33.9 Å². The van der Waals surface area contributed by atoms with Crippen LogP contribution in [0.5, 0.6) is 5.75 Å². The van der Waals surface area contributed by atoms with Crippen LogP contribution in [0.25, 0.3) is 10.9 Å². The van der Waals surface area contributed by atoms with Crippen LogP contribution >= 0.6 is 0 Å². The van der Waals surface area contributed by atoms with Crippen LogP contribution in [0.2, 0.25) is 0 Å². The third-order valence-electron chi connectivity index (χ3n) is 8.97. The molecule has 2 saturated heterocycles. The van der Waals surface area contributed by atoms with Crippen molar-refractivity contribution in [1.82, 2.24) is 30.3 Å². The van der Waals surface area contributed by atoms with Gasteiger partial charge in [0, 0.05) is 56.6 Å². The number of piperazine rings is 1. The van der Waals surface area contributed by atoms with Gasteiger partial charge in [0.2, 0.25) is 11.8 Å². The van der Waals surface area contributed by atoms with E-state index < -0.39 is 36.0 Å². The second-order valence-corrected chi connectivity index (χ2v) is 12.8. The highest BCUT2D eigenvalue weighted by atomic mass is 16.6. The van der Waals surface area contributed by atoms with Crippen LogP contribution in [0.3, 0.4) is 0 Å². The molecule has 49 heavy (non-hydrogen) atoms. The van der Waals surface area contributed by atoms with Gasteiger partial charge in [0.15, 0.2) is 6.61 Å². The number of aliphatic carboxylic acids is 1. The van der Waals surface area contributed by atoms with Gasteiger partial charge in [-0.3, -0.25) is 24.0 Å². The van der Waals surface area contributed by atoms with Crippen LogP contribution in [-0.2, 0) is 23.9 Å². The highest BCUT2D eigenvalue weighted by Gasteiger charge is 2.37. The molecule has 0 spiro atoms. The molecule has 5 rings (SSSR count). The topological polar surface area (TPSA) is 188 Å². The fourth-order valence-electron chi connectivity index (χ4n) is 6.33. The Hall–Kier alpha value is -4.95. The second-order valence-electron chi connectivity index (χ2n) is 12.8. The van der Waals surface area contributed by atoms with E-state index in [1.807, 2.05) is 19.9 Å². The number of carbonyl (C=O) groups excluding carboxylic acids is 5. The van der Waals surface area contributed by atoms with Gasteiger partial charge in [0.25, 0.3) is 11.8 Å². The number of nitrogens with one attached hydrogen (secondary N) is 2. The van der Waals surface area contributed by atoms with Crippen LogP contribution < -0.4 is 15.4 Å². The van der Waals surface area contributed by atoms with Gasteiger partial charge in [-0.2, -0.15) is 0 Å². The average Bonchev–Trinajstić information content (AvgIpc) is 3.74. The number of rotatable bonds is 12. The zero-order valence-corrected chi connectivity index (χ0v) is 28.2. The number of nitrogens with zero attached hydrogens (tertiary/aromatic N) is 4. The van der Waals surface area contributed by atoms with Crippen LogP contribution in [0.15, 0.2) is 18.2 Å². The maximum atomic E-state index is 13.7. The molecule has 3 heterocycles. The Bertz CT molecular complexity index is 1620. The summed E-state index contributed by atoms with van der Waals surface area (Å²) < 4.78 is 11.1. The summed E-state index contributed by atoms with van der Waals surface area (Å²) in [5, 5.41) is 15.6. The fraction of sp³-hybridized carbons (Fsp3) is 0.559. The van der Waals surface area contributed by atoms with Gasteiger partial charge in [-0.1, -0.05) is 6.07 Å². The third-order valence-corrected chi connectivity index (χ3v) is 8.97. The van der Waals surface area contributed by atoms with Crippen molar-refractivity contribution >= 4 is 46.6 Å². The van der Waals surface area contributed by atoms with E-state index in [-0.39, 0.29) is 81.5 Å². The molecule has 1 saturated carbocycles. The smallest absolute Gasteiger partial charge is 0.409 e. The first-order chi connectivity index (χ1) is 23.4. The van der Waals surface area contributed by atoms with E-state index in [4.69, 9.17) is 9.47 Å². The number of carboxylic acid groups (broad SMARTS) is 1. The number of fused-ring (bicyclic) bond motifs is 1. The second kappa shape index (κ2) is 15.5. The Morgan fingerprint density at radius 2 is 1.69 bits per heavy atom. The van der Waals surface area contributed by atoms with E-state index in [2.05, 4.69) is 15.6 Å².